The van der Waals surface area contributed by atoms with Gasteiger partial charge in [-0.05, 0) is 53.1 Å². The summed E-state index contributed by atoms with van der Waals surface area (Å²) in [7, 11) is -3.34. The molecule has 13 heteroatoms. The number of rotatable bonds is 7. The highest BCUT2D eigenvalue weighted by Gasteiger charge is 2.35. The van der Waals surface area contributed by atoms with Gasteiger partial charge in [-0.1, -0.05) is 0 Å². The van der Waals surface area contributed by atoms with Crippen molar-refractivity contribution in [3.63, 3.8) is 0 Å². The number of aromatic nitrogens is 4. The van der Waals surface area contributed by atoms with E-state index in [0.717, 1.165) is 9.13 Å². The Bertz CT molecular complexity index is 1290. The minimum atomic E-state index is -3.34. The number of hydrogen-bond acceptors (Lipinski definition) is 8. The number of fused-ring (bicyclic) bond motifs is 2. The van der Waals surface area contributed by atoms with Gasteiger partial charge in [0, 0.05) is 23.1 Å². The zero-order chi connectivity index (χ0) is 21.8. The lowest BCUT2D eigenvalue weighted by Crippen LogP contribution is -2.30. The van der Waals surface area contributed by atoms with Gasteiger partial charge in [0.05, 0.1) is 5.25 Å². The molecule has 0 bridgehead atoms. The molecule has 0 atom stereocenters. The van der Waals surface area contributed by atoms with E-state index >= 15 is 0 Å². The van der Waals surface area contributed by atoms with E-state index < -0.39 is 16.1 Å². The van der Waals surface area contributed by atoms with Crippen LogP contribution in [0.25, 0.3) is 11.2 Å². The number of benzene rings is 1. The predicted octanol–water partition coefficient (Wildman–Crippen LogP) is 1.55. The van der Waals surface area contributed by atoms with Gasteiger partial charge in [-0.15, -0.1) is 0 Å². The Labute approximate surface area is 190 Å². The van der Waals surface area contributed by atoms with E-state index in [1.807, 2.05) is 12.1 Å². The van der Waals surface area contributed by atoms with E-state index in [1.54, 1.807) is 4.57 Å². The monoisotopic (exact) mass is 560 g/mol. The third kappa shape index (κ3) is 4.01. The largest absolute Gasteiger partial charge is 0.454 e. The molecular weight excluding hydrogens is 542 g/mol. The molecule has 2 aromatic heterocycles. The Morgan fingerprint density at radius 3 is 2.71 bits per heavy atom. The number of nitrogen functional groups attached to an aromatic ring is 1. The van der Waals surface area contributed by atoms with Crippen molar-refractivity contribution < 1.29 is 22.3 Å². The molecule has 164 valence electrons. The smallest absolute Gasteiger partial charge is 0.312 e. The van der Waals surface area contributed by atoms with Gasteiger partial charge < -0.3 is 19.8 Å². The van der Waals surface area contributed by atoms with Crippen LogP contribution >= 0.6 is 22.6 Å². The highest BCUT2D eigenvalue weighted by atomic mass is 127. The summed E-state index contributed by atoms with van der Waals surface area (Å²) in [5.74, 6) is 1.80. The zero-order valence-electron chi connectivity index (χ0n) is 16.1. The van der Waals surface area contributed by atoms with Gasteiger partial charge in [0.2, 0.25) is 16.8 Å². The van der Waals surface area contributed by atoms with Gasteiger partial charge in [0.15, 0.2) is 28.5 Å². The van der Waals surface area contributed by atoms with Gasteiger partial charge in [0.25, 0.3) is 0 Å². The minimum Gasteiger partial charge on any atom is -0.454 e. The molecule has 3 aromatic rings. The molecule has 0 radical (unpaired) electrons. The summed E-state index contributed by atoms with van der Waals surface area (Å²) in [6, 6.07) is 3.75. The number of halogens is 2. The van der Waals surface area contributed by atoms with Crippen molar-refractivity contribution in [1.29, 1.82) is 0 Å². The molecule has 10 nitrogen and oxygen atoms in total. The lowest BCUT2D eigenvalue weighted by atomic mass is 10.1. The highest BCUT2D eigenvalue weighted by Crippen LogP contribution is 2.36. The molecule has 31 heavy (non-hydrogen) atoms. The SMILES string of the molecule is Nc1nc(F)nc2c1nc(Cc1cc3c(cc1I)OCO3)n2CCNS(=O)(=O)C1CC1. The fourth-order valence-electron chi connectivity index (χ4n) is 3.47. The molecule has 0 saturated heterocycles. The van der Waals surface area contributed by atoms with Gasteiger partial charge in [-0.25, -0.2) is 18.1 Å². The first-order chi connectivity index (χ1) is 14.8. The standard InChI is InChI=1S/C18H18FIN6O4S/c19-18-24-16(21)15-17(25-18)26(4-3-22-31(27,28)10-1-2-10)14(23-15)6-9-5-12-13(7-11(9)20)30-8-29-12/h5,7,10,22H,1-4,6,8H2,(H2,21,24,25). The normalized spacial score (nSPS) is 15.7. The summed E-state index contributed by atoms with van der Waals surface area (Å²) >= 11 is 2.20. The molecule has 5 rings (SSSR count). The average molecular weight is 560 g/mol. The molecule has 1 saturated carbocycles. The topological polar surface area (TPSA) is 134 Å². The molecular formula is C18H18FIN6O4S. The Kier molecular flexibility index (Phi) is 5.13. The third-order valence-electron chi connectivity index (χ3n) is 5.17. The second-order valence-electron chi connectivity index (χ2n) is 7.34. The van der Waals surface area contributed by atoms with Crippen molar-refractivity contribution in [3.05, 3.63) is 33.2 Å². The molecule has 0 amide bonds. The molecule has 1 aliphatic carbocycles. The van der Waals surface area contributed by atoms with Crippen LogP contribution in [0, 0.1) is 9.65 Å². The van der Waals surface area contributed by atoms with Crippen LogP contribution in [0.15, 0.2) is 12.1 Å². The fourth-order valence-corrected chi connectivity index (χ4v) is 5.47. The summed E-state index contributed by atoms with van der Waals surface area (Å²) < 4.78 is 54.3. The lowest BCUT2D eigenvalue weighted by molar-refractivity contribution is 0.174. The second-order valence-corrected chi connectivity index (χ2v) is 10.5. The molecule has 1 aromatic carbocycles. The molecule has 0 unspecified atom stereocenters. The van der Waals surface area contributed by atoms with Crippen LogP contribution in [0.5, 0.6) is 11.5 Å². The first-order valence-corrected chi connectivity index (χ1v) is 12.2. The van der Waals surface area contributed by atoms with Crippen LogP contribution in [0.2, 0.25) is 0 Å². The fraction of sp³-hybridized carbons (Fsp3) is 0.389. The van der Waals surface area contributed by atoms with Crippen LogP contribution in [-0.4, -0.2) is 46.5 Å². The molecule has 0 spiro atoms. The number of sulfonamides is 1. The molecule has 3 N–H and O–H groups in total. The van der Waals surface area contributed by atoms with Gasteiger partial charge in [-0.3, -0.25) is 0 Å². The predicted molar refractivity (Wildman–Crippen MR) is 118 cm³/mol. The van der Waals surface area contributed by atoms with Crippen molar-refractivity contribution >= 4 is 49.6 Å². The average Bonchev–Trinajstić information content (AvgIpc) is 3.40. The van der Waals surface area contributed by atoms with Crippen molar-refractivity contribution in [2.24, 2.45) is 0 Å². The highest BCUT2D eigenvalue weighted by molar-refractivity contribution is 14.1. The van der Waals surface area contributed by atoms with E-state index in [9.17, 15) is 12.8 Å². The summed E-state index contributed by atoms with van der Waals surface area (Å²) in [6.07, 6.45) is 0.758. The maximum absolute atomic E-state index is 13.9. The first kappa shape index (κ1) is 20.6. The zero-order valence-corrected chi connectivity index (χ0v) is 19.1. The number of nitrogens with two attached hydrogens (primary N) is 1. The minimum absolute atomic E-state index is 0.0681. The molecule has 2 aliphatic rings. The van der Waals surface area contributed by atoms with E-state index in [4.69, 9.17) is 15.2 Å². The van der Waals surface area contributed by atoms with Crippen molar-refractivity contribution in [1.82, 2.24) is 24.2 Å². The van der Waals surface area contributed by atoms with Gasteiger partial charge in [0.1, 0.15) is 5.82 Å². The number of ether oxygens (including phenoxy) is 2. The van der Waals surface area contributed by atoms with E-state index in [-0.39, 0.29) is 42.1 Å². The lowest BCUT2D eigenvalue weighted by Gasteiger charge is -2.11. The van der Waals surface area contributed by atoms with Crippen LogP contribution in [0.4, 0.5) is 10.2 Å². The maximum atomic E-state index is 13.9. The number of anilines is 1. The van der Waals surface area contributed by atoms with E-state index in [2.05, 4.69) is 42.3 Å². The first-order valence-electron chi connectivity index (χ1n) is 9.56. The molecule has 1 aliphatic heterocycles. The van der Waals surface area contributed by atoms with Gasteiger partial charge >= 0.3 is 6.08 Å². The van der Waals surface area contributed by atoms with Crippen LogP contribution in [-0.2, 0) is 23.0 Å². The number of hydrogen-bond donors (Lipinski definition) is 2. The summed E-state index contributed by atoms with van der Waals surface area (Å²) in [6.45, 7) is 0.510. The summed E-state index contributed by atoms with van der Waals surface area (Å²) in [4.78, 5) is 12.0. The quantitative estimate of drug-likeness (QED) is 0.329. The van der Waals surface area contributed by atoms with Crippen LogP contribution < -0.4 is 19.9 Å². The number of nitrogens with zero attached hydrogens (tertiary/aromatic N) is 4. The number of imidazole rings is 1. The van der Waals surface area contributed by atoms with Crippen LogP contribution in [0.1, 0.15) is 24.2 Å². The Balaban J connectivity index is 1.49. The van der Waals surface area contributed by atoms with Crippen molar-refractivity contribution in [2.75, 3.05) is 19.1 Å². The van der Waals surface area contributed by atoms with Crippen LogP contribution in [0.3, 0.4) is 0 Å². The Morgan fingerprint density at radius 1 is 1.23 bits per heavy atom. The van der Waals surface area contributed by atoms with Crippen molar-refractivity contribution in [2.45, 2.75) is 31.1 Å². The second kappa shape index (κ2) is 7.70. The molecule has 3 heterocycles. The summed E-state index contributed by atoms with van der Waals surface area (Å²) in [5.41, 5.74) is 7.29. The van der Waals surface area contributed by atoms with E-state index in [1.165, 1.54) is 0 Å². The van der Waals surface area contributed by atoms with Gasteiger partial charge in [-0.2, -0.15) is 14.4 Å². The van der Waals surface area contributed by atoms with Crippen molar-refractivity contribution in [3.8, 4) is 11.5 Å². The Morgan fingerprint density at radius 2 is 1.97 bits per heavy atom. The third-order valence-corrected chi connectivity index (χ3v) is 8.13. The Hall–Kier alpha value is -2.26. The summed E-state index contributed by atoms with van der Waals surface area (Å²) in [5, 5.41) is -0.322. The van der Waals surface area contributed by atoms with E-state index in [0.29, 0.717) is 36.6 Å². The number of nitrogens with one attached hydrogen (secondary N) is 1. The molecule has 1 fully saturated rings. The maximum Gasteiger partial charge on any atom is 0.312 e.